The Balaban J connectivity index is 2.44. The van der Waals surface area contributed by atoms with Gasteiger partial charge < -0.3 is 14.1 Å². The van der Waals surface area contributed by atoms with Crippen LogP contribution in [0.5, 0.6) is 0 Å². The molecule has 0 radical (unpaired) electrons. The van der Waals surface area contributed by atoms with Gasteiger partial charge in [-0.05, 0) is 27.0 Å². The second-order valence-electron chi connectivity index (χ2n) is 5.48. The number of carbonyl (C=O) groups is 3. The molecule has 2 rings (SSSR count). The van der Waals surface area contributed by atoms with Crippen LogP contribution in [0.4, 0.5) is 5.88 Å². The van der Waals surface area contributed by atoms with Gasteiger partial charge in [-0.1, -0.05) is 0 Å². The number of nitrogens with zero attached hydrogens (tertiary/aromatic N) is 1. The van der Waals surface area contributed by atoms with Crippen molar-refractivity contribution in [3.63, 3.8) is 0 Å². The molecule has 2 heterocycles. The van der Waals surface area contributed by atoms with Gasteiger partial charge in [0.05, 0.1) is 17.9 Å². The van der Waals surface area contributed by atoms with Crippen molar-refractivity contribution in [3.05, 3.63) is 44.8 Å². The maximum Gasteiger partial charge on any atom is 0.344 e. The summed E-state index contributed by atoms with van der Waals surface area (Å²) in [6, 6.07) is 1.03. The average molecular weight is 393 g/mol. The van der Waals surface area contributed by atoms with Gasteiger partial charge in [-0.2, -0.15) is 11.8 Å². The number of carbonyl (C=O) groups excluding carboxylic acids is 3. The van der Waals surface area contributed by atoms with Gasteiger partial charge in [0.1, 0.15) is 22.8 Å². The van der Waals surface area contributed by atoms with Crippen molar-refractivity contribution in [2.24, 2.45) is 0 Å². The molecule has 0 unspecified atom stereocenters. The Morgan fingerprint density at radius 2 is 2.04 bits per heavy atom. The van der Waals surface area contributed by atoms with E-state index in [1.54, 1.807) is 6.92 Å². The number of aromatic nitrogens is 2. The number of ketones is 1. The fourth-order valence-corrected chi connectivity index (χ4v) is 2.86. The first-order valence-electron chi connectivity index (χ1n) is 8.00. The van der Waals surface area contributed by atoms with Crippen molar-refractivity contribution in [1.82, 2.24) is 9.97 Å². The van der Waals surface area contributed by atoms with Crippen LogP contribution in [0.3, 0.4) is 0 Å². The van der Waals surface area contributed by atoms with Gasteiger partial charge in [-0.3, -0.25) is 19.7 Å². The van der Waals surface area contributed by atoms with E-state index in [0.717, 1.165) is 6.07 Å². The molecule has 0 aliphatic carbocycles. The van der Waals surface area contributed by atoms with Crippen LogP contribution in [0, 0.1) is 6.92 Å². The maximum atomic E-state index is 12.5. The van der Waals surface area contributed by atoms with E-state index in [4.69, 9.17) is 9.15 Å². The summed E-state index contributed by atoms with van der Waals surface area (Å²) in [5.41, 5.74) is -0.754. The van der Waals surface area contributed by atoms with E-state index in [9.17, 15) is 19.2 Å². The molecule has 27 heavy (non-hydrogen) atoms. The lowest BCUT2D eigenvalue weighted by molar-refractivity contribution is 0.0524. The van der Waals surface area contributed by atoms with Crippen LogP contribution in [0.25, 0.3) is 0 Å². The highest BCUT2D eigenvalue weighted by molar-refractivity contribution is 7.97. The number of H-pyrrole nitrogens is 1. The maximum absolute atomic E-state index is 12.5. The number of hydrogen-bond acceptors (Lipinski definition) is 8. The number of Topliss-reactive ketones (excluding diaryl/α,β-unsaturated/α-hetero) is 1. The van der Waals surface area contributed by atoms with E-state index in [2.05, 4.69) is 15.3 Å². The van der Waals surface area contributed by atoms with Crippen molar-refractivity contribution >= 4 is 35.3 Å². The highest BCUT2D eigenvalue weighted by Gasteiger charge is 2.29. The smallest absolute Gasteiger partial charge is 0.344 e. The summed E-state index contributed by atoms with van der Waals surface area (Å²) in [7, 11) is 0. The number of nitrogens with one attached hydrogen (secondary N) is 2. The molecule has 0 spiro atoms. The Morgan fingerprint density at radius 1 is 1.33 bits per heavy atom. The van der Waals surface area contributed by atoms with Crippen LogP contribution in [0.1, 0.15) is 56.6 Å². The third kappa shape index (κ3) is 4.64. The lowest BCUT2D eigenvalue weighted by Crippen LogP contribution is -2.21. The number of ether oxygens (including phenoxy) is 1. The molecule has 2 aromatic heterocycles. The van der Waals surface area contributed by atoms with Gasteiger partial charge in [-0.15, -0.1) is 0 Å². The average Bonchev–Trinajstić information content (AvgIpc) is 2.91. The molecule has 0 aromatic carbocycles. The molecule has 144 valence electrons. The Hall–Kier alpha value is -2.88. The number of amides is 1. The fraction of sp³-hybridized carbons (Fsp3) is 0.353. The van der Waals surface area contributed by atoms with Gasteiger partial charge in [0.25, 0.3) is 11.5 Å². The number of aromatic amines is 1. The zero-order valence-electron chi connectivity index (χ0n) is 15.3. The van der Waals surface area contributed by atoms with Gasteiger partial charge in [0.2, 0.25) is 5.88 Å². The summed E-state index contributed by atoms with van der Waals surface area (Å²) in [4.78, 5) is 55.0. The number of rotatable bonds is 7. The number of furan rings is 1. The summed E-state index contributed by atoms with van der Waals surface area (Å²) in [5.74, 6) is -1.26. The van der Waals surface area contributed by atoms with Crippen molar-refractivity contribution < 1.29 is 23.5 Å². The van der Waals surface area contributed by atoms with Crippen LogP contribution < -0.4 is 10.9 Å². The van der Waals surface area contributed by atoms with Gasteiger partial charge in [-0.25, -0.2) is 9.78 Å². The minimum absolute atomic E-state index is 0.0330. The number of esters is 1. The van der Waals surface area contributed by atoms with Crippen LogP contribution >= 0.6 is 11.8 Å². The second kappa shape index (κ2) is 8.67. The first-order chi connectivity index (χ1) is 12.8. The van der Waals surface area contributed by atoms with Crippen molar-refractivity contribution in [2.45, 2.75) is 26.5 Å². The van der Waals surface area contributed by atoms with Gasteiger partial charge in [0, 0.05) is 6.07 Å². The molecular formula is C17H19N3O6S. The van der Waals surface area contributed by atoms with Crippen LogP contribution in [0.2, 0.25) is 0 Å². The van der Waals surface area contributed by atoms with Crippen molar-refractivity contribution in [3.8, 4) is 0 Å². The van der Waals surface area contributed by atoms with Gasteiger partial charge >= 0.3 is 5.97 Å². The molecular weight excluding hydrogens is 374 g/mol. The Kier molecular flexibility index (Phi) is 6.56. The van der Waals surface area contributed by atoms with Crippen LogP contribution in [-0.2, 0) is 10.5 Å². The zero-order valence-corrected chi connectivity index (χ0v) is 16.1. The quantitative estimate of drug-likeness (QED) is 0.540. The molecule has 0 saturated heterocycles. The monoisotopic (exact) mass is 393 g/mol. The molecule has 0 aliphatic rings. The van der Waals surface area contributed by atoms with Crippen LogP contribution in [-0.4, -0.2) is 40.5 Å². The number of aryl methyl sites for hydroxylation is 1. The number of hydrogen-bond donors (Lipinski definition) is 2. The van der Waals surface area contributed by atoms with E-state index in [-0.39, 0.29) is 35.1 Å². The Bertz CT molecular complexity index is 947. The van der Waals surface area contributed by atoms with E-state index >= 15 is 0 Å². The Labute approximate surface area is 158 Å². The minimum Gasteiger partial charge on any atom is -0.462 e. The predicted octanol–water partition coefficient (Wildman–Crippen LogP) is 2.17. The molecule has 10 heteroatoms. The fourth-order valence-electron chi connectivity index (χ4n) is 2.45. The largest absolute Gasteiger partial charge is 0.462 e. The molecule has 1 amide bonds. The number of anilines is 1. The second-order valence-corrected chi connectivity index (χ2v) is 6.34. The molecule has 2 aromatic rings. The lowest BCUT2D eigenvalue weighted by Gasteiger charge is -2.06. The molecule has 0 fully saturated rings. The van der Waals surface area contributed by atoms with Crippen molar-refractivity contribution in [1.29, 1.82) is 0 Å². The molecule has 0 aliphatic heterocycles. The van der Waals surface area contributed by atoms with E-state index in [1.165, 1.54) is 25.6 Å². The van der Waals surface area contributed by atoms with E-state index < -0.39 is 23.2 Å². The number of thioether (sulfide) groups is 1. The van der Waals surface area contributed by atoms with E-state index in [0.29, 0.717) is 11.6 Å². The summed E-state index contributed by atoms with van der Waals surface area (Å²) < 4.78 is 10.4. The van der Waals surface area contributed by atoms with Gasteiger partial charge in [0.15, 0.2) is 5.78 Å². The normalized spacial score (nSPS) is 10.5. The van der Waals surface area contributed by atoms with Crippen molar-refractivity contribution in [2.75, 3.05) is 18.2 Å². The SMILES string of the molecule is CCOC(=O)c1c(NC(=O)c2cc(=O)[nH]c(CSC)n2)oc(C)c1C(C)=O. The molecule has 9 nitrogen and oxygen atoms in total. The third-order valence-corrected chi connectivity index (χ3v) is 4.01. The third-order valence-electron chi connectivity index (χ3n) is 3.45. The summed E-state index contributed by atoms with van der Waals surface area (Å²) in [6.07, 6.45) is 1.83. The van der Waals surface area contributed by atoms with E-state index in [1.807, 2.05) is 6.26 Å². The Morgan fingerprint density at radius 3 is 2.63 bits per heavy atom. The summed E-state index contributed by atoms with van der Waals surface area (Å²) in [5, 5.41) is 2.40. The molecule has 0 bridgehead atoms. The highest BCUT2D eigenvalue weighted by atomic mass is 32.2. The minimum atomic E-state index is -0.795. The molecule has 2 N–H and O–H groups in total. The topological polar surface area (TPSA) is 131 Å². The summed E-state index contributed by atoms with van der Waals surface area (Å²) in [6.45, 7) is 4.47. The highest BCUT2D eigenvalue weighted by Crippen LogP contribution is 2.28. The zero-order chi connectivity index (χ0) is 20.1. The lowest BCUT2D eigenvalue weighted by atomic mass is 10.1. The predicted molar refractivity (Wildman–Crippen MR) is 99.4 cm³/mol. The van der Waals surface area contributed by atoms with Crippen LogP contribution in [0.15, 0.2) is 15.3 Å². The summed E-state index contributed by atoms with van der Waals surface area (Å²) >= 11 is 1.43. The molecule has 0 atom stereocenters. The molecule has 0 saturated carbocycles. The standard InChI is InChI=1S/C17H19N3O6S/c1-5-25-17(24)14-13(8(2)21)9(3)26-16(14)20-15(23)10-6-12(22)19-11(18-10)7-27-4/h6H,5,7H2,1-4H3,(H,20,23)(H,18,19,22). The first kappa shape index (κ1) is 20.4. The first-order valence-corrected chi connectivity index (χ1v) is 9.39.